The summed E-state index contributed by atoms with van der Waals surface area (Å²) in [5, 5.41) is 4.43. The van der Waals surface area contributed by atoms with E-state index in [1.54, 1.807) is 18.2 Å². The fraction of sp³-hybridized carbons (Fsp3) is 0.333. The van der Waals surface area contributed by atoms with Crippen LogP contribution in [0.1, 0.15) is 49.1 Å². The standard InChI is InChI=1S/C24H25ClN2O3/c1-4-29-23-15(3)24-19(17-7-5-6-8-20(17)30-24)12-18(23)14(2)11-22(28)27-21-10-9-16(25)13-26-21/h9-13H,4-8H2,1-3H3,(H,26,27,28)/b14-11+. The van der Waals surface area contributed by atoms with E-state index in [-0.39, 0.29) is 5.91 Å². The Hall–Kier alpha value is -2.79. The lowest BCUT2D eigenvalue weighted by Crippen LogP contribution is -2.10. The molecular formula is C24H25ClN2O3. The van der Waals surface area contributed by atoms with Gasteiger partial charge in [-0.3, -0.25) is 4.79 Å². The first-order valence-corrected chi connectivity index (χ1v) is 10.7. The van der Waals surface area contributed by atoms with Gasteiger partial charge in [-0.15, -0.1) is 0 Å². The summed E-state index contributed by atoms with van der Waals surface area (Å²) in [7, 11) is 0. The Balaban J connectivity index is 1.73. The molecule has 4 rings (SSSR count). The van der Waals surface area contributed by atoms with Gasteiger partial charge in [0, 0.05) is 40.8 Å². The number of furan rings is 1. The maximum Gasteiger partial charge on any atom is 0.249 e. The smallest absolute Gasteiger partial charge is 0.249 e. The minimum atomic E-state index is -0.253. The zero-order chi connectivity index (χ0) is 21.3. The van der Waals surface area contributed by atoms with Crippen LogP contribution < -0.4 is 10.1 Å². The zero-order valence-electron chi connectivity index (χ0n) is 17.5. The predicted molar refractivity (Wildman–Crippen MR) is 120 cm³/mol. The number of hydrogen-bond acceptors (Lipinski definition) is 4. The highest BCUT2D eigenvalue weighted by molar-refractivity contribution is 6.30. The molecule has 0 saturated carbocycles. The highest BCUT2D eigenvalue weighted by Gasteiger charge is 2.23. The van der Waals surface area contributed by atoms with Crippen LogP contribution in [0.5, 0.6) is 5.75 Å². The molecular weight excluding hydrogens is 400 g/mol. The van der Waals surface area contributed by atoms with Crippen LogP contribution in [0, 0.1) is 6.92 Å². The minimum Gasteiger partial charge on any atom is -0.493 e. The molecule has 0 fully saturated rings. The van der Waals surface area contributed by atoms with Crippen molar-refractivity contribution >= 4 is 39.9 Å². The number of fused-ring (bicyclic) bond motifs is 3. The lowest BCUT2D eigenvalue weighted by Gasteiger charge is -2.15. The van der Waals surface area contributed by atoms with Crippen molar-refractivity contribution in [3.63, 3.8) is 0 Å². The maximum absolute atomic E-state index is 12.6. The first-order valence-electron chi connectivity index (χ1n) is 10.3. The van der Waals surface area contributed by atoms with Crippen molar-refractivity contribution < 1.29 is 13.9 Å². The van der Waals surface area contributed by atoms with Gasteiger partial charge in [-0.1, -0.05) is 11.6 Å². The molecule has 156 valence electrons. The highest BCUT2D eigenvalue weighted by Crippen LogP contribution is 2.41. The van der Waals surface area contributed by atoms with Crippen LogP contribution in [0.3, 0.4) is 0 Å². The molecule has 1 aliphatic rings. The quantitative estimate of drug-likeness (QED) is 0.502. The summed E-state index contributed by atoms with van der Waals surface area (Å²) >= 11 is 5.85. The topological polar surface area (TPSA) is 64.4 Å². The molecule has 1 amide bonds. The van der Waals surface area contributed by atoms with Crippen molar-refractivity contribution in [1.29, 1.82) is 0 Å². The number of aromatic nitrogens is 1. The van der Waals surface area contributed by atoms with E-state index in [9.17, 15) is 4.79 Å². The predicted octanol–water partition coefficient (Wildman–Crippen LogP) is 6.11. The monoisotopic (exact) mass is 424 g/mol. The van der Waals surface area contributed by atoms with E-state index in [4.69, 9.17) is 20.8 Å². The summed E-state index contributed by atoms with van der Waals surface area (Å²) in [6.45, 7) is 6.44. The van der Waals surface area contributed by atoms with Crippen molar-refractivity contribution in [2.75, 3.05) is 11.9 Å². The number of carbonyl (C=O) groups is 1. The summed E-state index contributed by atoms with van der Waals surface area (Å²) in [6.07, 6.45) is 7.42. The van der Waals surface area contributed by atoms with Crippen molar-refractivity contribution in [3.8, 4) is 5.75 Å². The number of anilines is 1. The minimum absolute atomic E-state index is 0.253. The Kier molecular flexibility index (Phi) is 5.82. The molecule has 30 heavy (non-hydrogen) atoms. The van der Waals surface area contributed by atoms with E-state index in [1.807, 2.05) is 20.8 Å². The molecule has 0 saturated heterocycles. The second kappa shape index (κ2) is 8.52. The molecule has 1 aliphatic carbocycles. The van der Waals surface area contributed by atoms with Crippen molar-refractivity contribution in [2.45, 2.75) is 46.5 Å². The van der Waals surface area contributed by atoms with E-state index in [1.165, 1.54) is 18.2 Å². The third kappa shape index (κ3) is 3.94. The van der Waals surface area contributed by atoms with Gasteiger partial charge in [-0.2, -0.15) is 0 Å². The zero-order valence-corrected chi connectivity index (χ0v) is 18.2. The number of pyridine rings is 1. The Morgan fingerprint density at radius 3 is 2.87 bits per heavy atom. The first-order chi connectivity index (χ1) is 14.5. The number of nitrogens with zero attached hydrogens (tertiary/aromatic N) is 1. The Bertz CT molecular complexity index is 1130. The molecule has 2 heterocycles. The molecule has 1 N–H and O–H groups in total. The van der Waals surface area contributed by atoms with Crippen molar-refractivity contribution in [1.82, 2.24) is 4.98 Å². The van der Waals surface area contributed by atoms with Crippen LogP contribution in [-0.4, -0.2) is 17.5 Å². The number of carbonyl (C=O) groups excluding carboxylic acids is 1. The molecule has 6 heteroatoms. The summed E-state index contributed by atoms with van der Waals surface area (Å²) < 4.78 is 12.2. The molecule has 0 aliphatic heterocycles. The molecule has 5 nitrogen and oxygen atoms in total. The molecule has 0 radical (unpaired) electrons. The number of nitrogens with one attached hydrogen (secondary N) is 1. The Labute approximate surface area is 181 Å². The number of rotatable bonds is 5. The van der Waals surface area contributed by atoms with E-state index in [2.05, 4.69) is 16.4 Å². The fourth-order valence-corrected chi connectivity index (χ4v) is 4.16. The molecule has 0 atom stereocenters. The lowest BCUT2D eigenvalue weighted by molar-refractivity contribution is -0.111. The van der Waals surface area contributed by atoms with E-state index in [0.717, 1.165) is 58.4 Å². The van der Waals surface area contributed by atoms with Gasteiger partial charge < -0.3 is 14.5 Å². The van der Waals surface area contributed by atoms with Gasteiger partial charge in [-0.25, -0.2) is 4.98 Å². The van der Waals surface area contributed by atoms with Crippen LogP contribution in [0.25, 0.3) is 16.5 Å². The average Bonchev–Trinajstić information content (AvgIpc) is 3.10. The third-order valence-corrected chi connectivity index (χ3v) is 5.69. The summed E-state index contributed by atoms with van der Waals surface area (Å²) in [4.78, 5) is 16.7. The number of hydrogen-bond donors (Lipinski definition) is 1. The highest BCUT2D eigenvalue weighted by atomic mass is 35.5. The van der Waals surface area contributed by atoms with Gasteiger partial charge in [0.2, 0.25) is 5.91 Å². The van der Waals surface area contributed by atoms with Crippen molar-refractivity contribution in [3.05, 3.63) is 57.9 Å². The van der Waals surface area contributed by atoms with Gasteiger partial charge in [0.1, 0.15) is 22.9 Å². The summed E-state index contributed by atoms with van der Waals surface area (Å²) in [5.74, 6) is 2.06. The summed E-state index contributed by atoms with van der Waals surface area (Å²) in [5.41, 5.74) is 4.91. The maximum atomic E-state index is 12.6. The Morgan fingerprint density at radius 1 is 1.33 bits per heavy atom. The number of benzene rings is 1. The molecule has 0 spiro atoms. The van der Waals surface area contributed by atoms with Crippen LogP contribution >= 0.6 is 11.6 Å². The van der Waals surface area contributed by atoms with Crippen LogP contribution in [-0.2, 0) is 17.6 Å². The lowest BCUT2D eigenvalue weighted by atomic mass is 9.93. The second-order valence-corrected chi connectivity index (χ2v) is 8.01. The second-order valence-electron chi connectivity index (χ2n) is 7.58. The van der Waals surface area contributed by atoms with E-state index >= 15 is 0 Å². The molecule has 0 bridgehead atoms. The van der Waals surface area contributed by atoms with E-state index < -0.39 is 0 Å². The number of halogens is 1. The number of ether oxygens (including phenoxy) is 1. The average molecular weight is 425 g/mol. The number of allylic oxidation sites excluding steroid dienone is 1. The number of aryl methyl sites for hydroxylation is 3. The van der Waals surface area contributed by atoms with Gasteiger partial charge in [0.15, 0.2) is 0 Å². The third-order valence-electron chi connectivity index (χ3n) is 5.47. The van der Waals surface area contributed by atoms with Crippen molar-refractivity contribution in [2.24, 2.45) is 0 Å². The first kappa shape index (κ1) is 20.5. The van der Waals surface area contributed by atoms with Crippen LogP contribution in [0.2, 0.25) is 5.02 Å². The SMILES string of the molecule is CCOc1c(/C(C)=C/C(=O)Nc2ccc(Cl)cn2)cc2c3c(oc2c1C)CCCC3. The van der Waals surface area contributed by atoms with Gasteiger partial charge in [-0.05, 0) is 63.8 Å². The summed E-state index contributed by atoms with van der Waals surface area (Å²) in [6, 6.07) is 5.47. The van der Waals surface area contributed by atoms with Gasteiger partial charge in [0.25, 0.3) is 0 Å². The van der Waals surface area contributed by atoms with Gasteiger partial charge >= 0.3 is 0 Å². The molecule has 2 aromatic heterocycles. The number of amides is 1. The molecule has 1 aromatic carbocycles. The Morgan fingerprint density at radius 2 is 2.13 bits per heavy atom. The normalized spacial score (nSPS) is 13.9. The van der Waals surface area contributed by atoms with E-state index in [0.29, 0.717) is 17.4 Å². The fourth-order valence-electron chi connectivity index (χ4n) is 4.05. The van der Waals surface area contributed by atoms with Gasteiger partial charge in [0.05, 0.1) is 11.6 Å². The van der Waals surface area contributed by atoms with Crippen LogP contribution in [0.4, 0.5) is 5.82 Å². The van der Waals surface area contributed by atoms with Crippen LogP contribution in [0.15, 0.2) is 34.9 Å². The molecule has 0 unspecified atom stereocenters. The molecule has 3 aromatic rings. The largest absolute Gasteiger partial charge is 0.493 e.